The van der Waals surface area contributed by atoms with Crippen LogP contribution in [0, 0.1) is 6.92 Å². The molecule has 1 aromatic rings. The van der Waals surface area contributed by atoms with Gasteiger partial charge in [0.15, 0.2) is 5.96 Å². The molecule has 1 aromatic heterocycles. The van der Waals surface area contributed by atoms with Crippen LogP contribution in [-0.4, -0.2) is 44.3 Å². The van der Waals surface area contributed by atoms with Gasteiger partial charge in [0.25, 0.3) is 0 Å². The number of nitrogens with one attached hydrogen (secondary N) is 2. The van der Waals surface area contributed by atoms with Gasteiger partial charge in [-0.2, -0.15) is 0 Å². The minimum Gasteiger partial charge on any atom is -0.380 e. The first-order chi connectivity index (χ1) is 8.76. The van der Waals surface area contributed by atoms with Crippen molar-refractivity contribution in [2.45, 2.75) is 20.3 Å². The standard InChI is InChI=1S/C12H22N4OS.HI/c1-4-17-8-7-15-12(13-3)14-6-5-11-16-9-10(2)18-11;/h9H,4-8H2,1-3H3,(H2,13,14,15);1H. The van der Waals surface area contributed by atoms with Crippen molar-refractivity contribution >= 4 is 41.3 Å². The van der Waals surface area contributed by atoms with Crippen molar-refractivity contribution in [1.29, 1.82) is 0 Å². The second-order valence-electron chi connectivity index (χ2n) is 3.74. The lowest BCUT2D eigenvalue weighted by Gasteiger charge is -2.11. The number of nitrogens with zero attached hydrogens (tertiary/aromatic N) is 2. The van der Waals surface area contributed by atoms with E-state index in [4.69, 9.17) is 4.74 Å². The Kier molecular flexibility index (Phi) is 11.2. The number of guanidine groups is 1. The highest BCUT2D eigenvalue weighted by Gasteiger charge is 2.00. The van der Waals surface area contributed by atoms with E-state index >= 15 is 0 Å². The van der Waals surface area contributed by atoms with Crippen LogP contribution < -0.4 is 10.6 Å². The van der Waals surface area contributed by atoms with E-state index in [2.05, 4.69) is 27.5 Å². The molecule has 110 valence electrons. The van der Waals surface area contributed by atoms with E-state index in [1.54, 1.807) is 18.4 Å². The van der Waals surface area contributed by atoms with E-state index in [1.807, 2.05) is 13.1 Å². The van der Waals surface area contributed by atoms with E-state index in [9.17, 15) is 0 Å². The van der Waals surface area contributed by atoms with Gasteiger partial charge in [-0.15, -0.1) is 35.3 Å². The van der Waals surface area contributed by atoms with Crippen molar-refractivity contribution in [2.24, 2.45) is 4.99 Å². The Bertz CT molecular complexity index is 370. The van der Waals surface area contributed by atoms with Gasteiger partial charge in [0, 0.05) is 44.2 Å². The van der Waals surface area contributed by atoms with Crippen LogP contribution in [0.4, 0.5) is 0 Å². The van der Waals surface area contributed by atoms with Gasteiger partial charge in [-0.25, -0.2) is 4.98 Å². The van der Waals surface area contributed by atoms with E-state index in [1.165, 1.54) is 4.88 Å². The monoisotopic (exact) mass is 398 g/mol. The van der Waals surface area contributed by atoms with Crippen LogP contribution in [0.3, 0.4) is 0 Å². The fraction of sp³-hybridized carbons (Fsp3) is 0.667. The van der Waals surface area contributed by atoms with Crippen LogP contribution in [0.15, 0.2) is 11.2 Å². The minimum atomic E-state index is 0. The summed E-state index contributed by atoms with van der Waals surface area (Å²) in [4.78, 5) is 9.72. The van der Waals surface area contributed by atoms with Crippen LogP contribution in [0.25, 0.3) is 0 Å². The fourth-order valence-electron chi connectivity index (χ4n) is 1.41. The molecule has 0 saturated heterocycles. The average Bonchev–Trinajstić information content (AvgIpc) is 2.78. The Morgan fingerprint density at radius 1 is 1.42 bits per heavy atom. The van der Waals surface area contributed by atoms with Crippen molar-refractivity contribution in [1.82, 2.24) is 15.6 Å². The lowest BCUT2D eigenvalue weighted by atomic mass is 10.4. The number of ether oxygens (including phenoxy) is 1. The summed E-state index contributed by atoms with van der Waals surface area (Å²) in [7, 11) is 1.77. The first-order valence-electron chi connectivity index (χ1n) is 6.19. The molecule has 2 N–H and O–H groups in total. The molecular weight excluding hydrogens is 375 g/mol. The molecule has 0 radical (unpaired) electrons. The summed E-state index contributed by atoms with van der Waals surface area (Å²) in [6, 6.07) is 0. The zero-order valence-corrected chi connectivity index (χ0v) is 14.9. The van der Waals surface area contributed by atoms with Gasteiger partial charge in [-0.05, 0) is 13.8 Å². The highest BCUT2D eigenvalue weighted by Crippen LogP contribution is 2.10. The maximum atomic E-state index is 5.25. The van der Waals surface area contributed by atoms with Crippen molar-refractivity contribution < 1.29 is 4.74 Å². The topological polar surface area (TPSA) is 58.5 Å². The Balaban J connectivity index is 0.00000324. The second kappa shape index (κ2) is 11.4. The Morgan fingerprint density at radius 3 is 2.74 bits per heavy atom. The first kappa shape index (κ1) is 18.6. The summed E-state index contributed by atoms with van der Waals surface area (Å²) >= 11 is 1.74. The Hall–Kier alpha value is -0.410. The maximum absolute atomic E-state index is 5.25. The third kappa shape index (κ3) is 8.38. The molecule has 0 spiro atoms. The minimum absolute atomic E-state index is 0. The molecule has 0 saturated carbocycles. The summed E-state index contributed by atoms with van der Waals surface area (Å²) in [5.41, 5.74) is 0. The van der Waals surface area contributed by atoms with Crippen molar-refractivity contribution in [3.05, 3.63) is 16.1 Å². The highest BCUT2D eigenvalue weighted by atomic mass is 127. The summed E-state index contributed by atoms with van der Waals surface area (Å²) in [6.45, 7) is 7.11. The molecule has 0 unspecified atom stereocenters. The molecule has 0 fully saturated rings. The molecule has 0 bridgehead atoms. The molecule has 19 heavy (non-hydrogen) atoms. The quantitative estimate of drug-likeness (QED) is 0.319. The molecule has 0 atom stereocenters. The van der Waals surface area contributed by atoms with Crippen molar-refractivity contribution in [3.63, 3.8) is 0 Å². The third-order valence-corrected chi connectivity index (χ3v) is 3.24. The zero-order valence-electron chi connectivity index (χ0n) is 11.7. The van der Waals surface area contributed by atoms with Gasteiger partial charge in [0.05, 0.1) is 11.6 Å². The highest BCUT2D eigenvalue weighted by molar-refractivity contribution is 14.0. The van der Waals surface area contributed by atoms with Crippen LogP contribution in [-0.2, 0) is 11.2 Å². The molecule has 1 rings (SSSR count). The van der Waals surface area contributed by atoms with Gasteiger partial charge in [-0.1, -0.05) is 0 Å². The van der Waals surface area contributed by atoms with Crippen molar-refractivity contribution in [2.75, 3.05) is 33.4 Å². The number of hydrogen-bond donors (Lipinski definition) is 2. The third-order valence-electron chi connectivity index (χ3n) is 2.27. The molecule has 0 aliphatic rings. The number of halogens is 1. The molecule has 7 heteroatoms. The normalized spacial score (nSPS) is 11.0. The number of aliphatic imine (C=N–C) groups is 1. The maximum Gasteiger partial charge on any atom is 0.191 e. The van der Waals surface area contributed by atoms with Crippen LogP contribution in [0.2, 0.25) is 0 Å². The fourth-order valence-corrected chi connectivity index (χ4v) is 2.20. The summed E-state index contributed by atoms with van der Waals surface area (Å²) in [6.07, 6.45) is 2.83. The summed E-state index contributed by atoms with van der Waals surface area (Å²) in [5.74, 6) is 0.808. The van der Waals surface area contributed by atoms with Gasteiger partial charge < -0.3 is 15.4 Å². The molecule has 0 aliphatic carbocycles. The van der Waals surface area contributed by atoms with E-state index in [-0.39, 0.29) is 24.0 Å². The molecule has 0 aliphatic heterocycles. The number of aromatic nitrogens is 1. The number of hydrogen-bond acceptors (Lipinski definition) is 4. The zero-order chi connectivity index (χ0) is 13.2. The predicted octanol–water partition coefficient (Wildman–Crippen LogP) is 1.81. The molecule has 5 nitrogen and oxygen atoms in total. The van der Waals surface area contributed by atoms with Crippen molar-refractivity contribution in [3.8, 4) is 0 Å². The largest absolute Gasteiger partial charge is 0.380 e. The van der Waals surface area contributed by atoms with E-state index < -0.39 is 0 Å². The summed E-state index contributed by atoms with van der Waals surface area (Å²) in [5, 5.41) is 7.60. The average molecular weight is 398 g/mol. The molecular formula is C12H23IN4OS. The predicted molar refractivity (Wildman–Crippen MR) is 91.8 cm³/mol. The summed E-state index contributed by atoms with van der Waals surface area (Å²) < 4.78 is 5.25. The van der Waals surface area contributed by atoms with Crippen LogP contribution >= 0.6 is 35.3 Å². The smallest absolute Gasteiger partial charge is 0.191 e. The Labute approximate surface area is 136 Å². The number of rotatable bonds is 7. The van der Waals surface area contributed by atoms with Crippen LogP contribution in [0.1, 0.15) is 16.8 Å². The molecule has 0 amide bonds. The lowest BCUT2D eigenvalue weighted by molar-refractivity contribution is 0.152. The number of thiazole rings is 1. The second-order valence-corrected chi connectivity index (χ2v) is 5.06. The van der Waals surface area contributed by atoms with Gasteiger partial charge in [-0.3, -0.25) is 4.99 Å². The van der Waals surface area contributed by atoms with Gasteiger partial charge >= 0.3 is 0 Å². The molecule has 1 heterocycles. The molecule has 0 aromatic carbocycles. The number of aryl methyl sites for hydroxylation is 1. The Morgan fingerprint density at radius 2 is 2.16 bits per heavy atom. The van der Waals surface area contributed by atoms with Gasteiger partial charge in [0.2, 0.25) is 0 Å². The van der Waals surface area contributed by atoms with Crippen LogP contribution in [0.5, 0.6) is 0 Å². The lowest BCUT2D eigenvalue weighted by Crippen LogP contribution is -2.39. The first-order valence-corrected chi connectivity index (χ1v) is 7.01. The van der Waals surface area contributed by atoms with Gasteiger partial charge in [0.1, 0.15) is 0 Å². The SMILES string of the molecule is CCOCCNC(=NC)NCCc1ncc(C)s1.I. The van der Waals surface area contributed by atoms with E-state index in [0.717, 1.165) is 37.1 Å². The van der Waals surface area contributed by atoms with E-state index in [0.29, 0.717) is 6.61 Å².